The van der Waals surface area contributed by atoms with Crippen molar-refractivity contribution < 1.29 is 22.7 Å². The molecule has 1 amide bonds. The van der Waals surface area contributed by atoms with Crippen molar-refractivity contribution in [3.63, 3.8) is 0 Å². The molecule has 4 aliphatic rings. The number of carbonyl (C=O) groups is 1. The van der Waals surface area contributed by atoms with E-state index in [9.17, 15) is 18.0 Å². The van der Waals surface area contributed by atoms with Crippen molar-refractivity contribution in [3.8, 4) is 0 Å². The number of nitrogens with two attached hydrogens (primary N) is 1. The lowest BCUT2D eigenvalue weighted by Crippen LogP contribution is -2.61. The molecule has 0 radical (unpaired) electrons. The number of hydrogen-bond donors (Lipinski definition) is 1. The van der Waals surface area contributed by atoms with Crippen LogP contribution < -0.4 is 5.73 Å². The molecule has 3 fully saturated rings. The van der Waals surface area contributed by atoms with Crippen molar-refractivity contribution >= 4 is 5.91 Å². The summed E-state index contributed by atoms with van der Waals surface area (Å²) in [6.07, 6.45) is 6.31. The van der Waals surface area contributed by atoms with Crippen LogP contribution in [0.15, 0.2) is 35.7 Å². The van der Waals surface area contributed by atoms with Crippen molar-refractivity contribution in [2.75, 3.05) is 13.1 Å². The summed E-state index contributed by atoms with van der Waals surface area (Å²) in [5.41, 5.74) is 6.27. The van der Waals surface area contributed by atoms with Crippen LogP contribution >= 0.6 is 0 Å². The topological polar surface area (TPSA) is 58.8 Å². The van der Waals surface area contributed by atoms with E-state index in [1.54, 1.807) is 13.1 Å². The molecule has 0 aromatic heterocycles. The molecule has 3 unspecified atom stereocenters. The number of nitrogens with zero attached hydrogens (tertiary/aromatic N) is 2. The van der Waals surface area contributed by atoms with Gasteiger partial charge in [-0.3, -0.25) is 9.69 Å². The largest absolute Gasteiger partial charge is 0.366 e. The first kappa shape index (κ1) is 19.6. The fourth-order valence-electron chi connectivity index (χ4n) is 5.59. The number of halogens is 3. The maximum Gasteiger partial charge on any atom is 0.246 e. The predicted octanol–water partition coefficient (Wildman–Crippen LogP) is 3.13. The lowest BCUT2D eigenvalue weighted by atomic mass is 9.80. The molecule has 5 rings (SSSR count). The predicted molar refractivity (Wildman–Crippen MR) is 103 cm³/mol. The number of amides is 1. The lowest BCUT2D eigenvalue weighted by Gasteiger charge is -2.53. The van der Waals surface area contributed by atoms with Crippen molar-refractivity contribution in [1.82, 2.24) is 9.80 Å². The minimum Gasteiger partial charge on any atom is -0.366 e. The molecule has 8 heteroatoms. The fourth-order valence-corrected chi connectivity index (χ4v) is 5.59. The first-order valence-corrected chi connectivity index (χ1v) is 10.3. The Hall–Kier alpha value is -2.32. The second-order valence-corrected chi connectivity index (χ2v) is 8.78. The molecule has 3 aliphatic heterocycles. The van der Waals surface area contributed by atoms with Crippen molar-refractivity contribution in [2.45, 2.75) is 56.4 Å². The molecule has 1 aromatic rings. The second-order valence-electron chi connectivity index (χ2n) is 8.78. The summed E-state index contributed by atoms with van der Waals surface area (Å²) in [6, 6.07) is 1.71. The Labute approximate surface area is 172 Å². The number of carbonyl (C=O) groups excluding carboxylic acids is 1. The summed E-state index contributed by atoms with van der Waals surface area (Å²) < 4.78 is 48.9. The molecule has 2 saturated heterocycles. The Morgan fingerprint density at radius 1 is 1.30 bits per heavy atom. The fraction of sp³-hybridized carbons (Fsp3) is 0.500. The zero-order valence-corrected chi connectivity index (χ0v) is 16.7. The van der Waals surface area contributed by atoms with Gasteiger partial charge in [0.1, 0.15) is 23.7 Å². The monoisotopic (exact) mass is 419 g/mol. The van der Waals surface area contributed by atoms with E-state index in [1.807, 2.05) is 11.0 Å². The number of ether oxygens (including phenoxy) is 1. The Kier molecular flexibility index (Phi) is 4.48. The number of piperazine rings is 1. The van der Waals surface area contributed by atoms with E-state index >= 15 is 0 Å². The minimum atomic E-state index is -0.924. The van der Waals surface area contributed by atoms with Crippen LogP contribution in [0.2, 0.25) is 0 Å². The van der Waals surface area contributed by atoms with Gasteiger partial charge in [-0.25, -0.2) is 13.2 Å². The number of allylic oxidation sites excluding steroid dienone is 1. The quantitative estimate of drug-likeness (QED) is 0.818. The van der Waals surface area contributed by atoms with Gasteiger partial charge in [-0.15, -0.1) is 0 Å². The molecular formula is C22H24F3N3O2. The van der Waals surface area contributed by atoms with E-state index in [-0.39, 0.29) is 17.8 Å². The molecule has 160 valence electrons. The highest BCUT2D eigenvalue weighted by atomic mass is 19.1. The Morgan fingerprint density at radius 3 is 2.73 bits per heavy atom. The third-order valence-electron chi connectivity index (χ3n) is 7.21. The molecule has 3 heterocycles. The van der Waals surface area contributed by atoms with Gasteiger partial charge >= 0.3 is 0 Å². The highest BCUT2D eigenvalue weighted by Crippen LogP contribution is 2.52. The molecule has 30 heavy (non-hydrogen) atoms. The number of fused-ring (bicyclic) bond motifs is 5. The van der Waals surface area contributed by atoms with E-state index < -0.39 is 34.9 Å². The van der Waals surface area contributed by atoms with Gasteiger partial charge < -0.3 is 15.4 Å². The molecule has 1 aromatic carbocycles. The SMILES string of the molecule is C[C@H](c1c(F)cc(F)cc1F)C12CCC(C1)N1CC3=CCC(C(N)=O)=CN3CC1O2. The summed E-state index contributed by atoms with van der Waals surface area (Å²) >= 11 is 0. The van der Waals surface area contributed by atoms with Gasteiger partial charge in [0.2, 0.25) is 5.91 Å². The number of primary amides is 1. The smallest absolute Gasteiger partial charge is 0.246 e. The molecule has 5 nitrogen and oxygen atoms in total. The van der Waals surface area contributed by atoms with Crippen LogP contribution in [0, 0.1) is 17.5 Å². The first-order valence-electron chi connectivity index (χ1n) is 10.3. The van der Waals surface area contributed by atoms with Crippen LogP contribution in [0.5, 0.6) is 0 Å². The first-order chi connectivity index (χ1) is 14.3. The number of hydrogen-bond acceptors (Lipinski definition) is 4. The highest BCUT2D eigenvalue weighted by Gasteiger charge is 2.55. The van der Waals surface area contributed by atoms with Crippen molar-refractivity contribution in [2.24, 2.45) is 5.73 Å². The molecule has 1 aliphatic carbocycles. The van der Waals surface area contributed by atoms with E-state index in [0.29, 0.717) is 37.9 Å². The highest BCUT2D eigenvalue weighted by molar-refractivity contribution is 5.92. The third kappa shape index (κ3) is 2.96. The molecule has 0 spiro atoms. The van der Waals surface area contributed by atoms with E-state index in [4.69, 9.17) is 10.5 Å². The Balaban J connectivity index is 1.44. The van der Waals surface area contributed by atoms with Gasteiger partial charge in [0.25, 0.3) is 0 Å². The Morgan fingerprint density at radius 2 is 2.03 bits per heavy atom. The normalized spacial score (nSPS) is 31.5. The van der Waals surface area contributed by atoms with Crippen LogP contribution in [-0.4, -0.2) is 46.7 Å². The summed E-state index contributed by atoms with van der Waals surface area (Å²) in [5.74, 6) is -3.66. The summed E-state index contributed by atoms with van der Waals surface area (Å²) in [5, 5.41) is 0. The molecular weight excluding hydrogens is 395 g/mol. The van der Waals surface area contributed by atoms with E-state index in [1.165, 1.54) is 0 Å². The molecule has 1 saturated carbocycles. The van der Waals surface area contributed by atoms with E-state index in [0.717, 1.165) is 24.3 Å². The van der Waals surface area contributed by atoms with Crippen molar-refractivity contribution in [1.29, 1.82) is 0 Å². The minimum absolute atomic E-state index is 0.115. The van der Waals surface area contributed by atoms with Gasteiger partial charge in [-0.2, -0.15) is 0 Å². The molecule has 2 N–H and O–H groups in total. The van der Waals surface area contributed by atoms with Crippen LogP contribution in [0.4, 0.5) is 13.2 Å². The second kappa shape index (κ2) is 6.85. The summed E-state index contributed by atoms with van der Waals surface area (Å²) in [4.78, 5) is 15.9. The number of benzene rings is 1. The van der Waals surface area contributed by atoms with Crippen LogP contribution in [0.3, 0.4) is 0 Å². The van der Waals surface area contributed by atoms with E-state index in [2.05, 4.69) is 4.90 Å². The van der Waals surface area contributed by atoms with Gasteiger partial charge in [0.15, 0.2) is 0 Å². The van der Waals surface area contributed by atoms with Gasteiger partial charge in [0.05, 0.1) is 12.1 Å². The van der Waals surface area contributed by atoms with Crippen molar-refractivity contribution in [3.05, 3.63) is 58.7 Å². The average Bonchev–Trinajstić information content (AvgIpc) is 3.05. The third-order valence-corrected chi connectivity index (χ3v) is 7.21. The van der Waals surface area contributed by atoms with Crippen LogP contribution in [0.25, 0.3) is 0 Å². The zero-order valence-electron chi connectivity index (χ0n) is 16.7. The lowest BCUT2D eigenvalue weighted by molar-refractivity contribution is -0.209. The van der Waals surface area contributed by atoms with Gasteiger partial charge in [-0.05, 0) is 25.7 Å². The maximum absolute atomic E-state index is 14.5. The van der Waals surface area contributed by atoms with Gasteiger partial charge in [0, 0.05) is 53.7 Å². The Bertz CT molecular complexity index is 955. The maximum atomic E-state index is 14.5. The summed E-state index contributed by atoms with van der Waals surface area (Å²) in [6.45, 7) is 2.97. The average molecular weight is 419 g/mol. The number of rotatable bonds is 3. The van der Waals surface area contributed by atoms with Gasteiger partial charge in [-0.1, -0.05) is 13.0 Å². The standard InChI is InChI=1S/C22H24F3N3O2/c1-12(20-17(24)6-14(23)7-18(20)25)22-5-4-15(8-22)28-10-16-3-2-13(21(26)29)9-27(16)11-19(28)30-22/h3,6-7,9,12,15,19H,2,4-5,8,10-11H2,1H3,(H2,26,29)/t12-,15?,19?,22?/m1/s1. The summed E-state index contributed by atoms with van der Waals surface area (Å²) in [7, 11) is 0. The van der Waals surface area contributed by atoms with Crippen LogP contribution in [0.1, 0.15) is 44.1 Å². The van der Waals surface area contributed by atoms with Crippen LogP contribution in [-0.2, 0) is 9.53 Å². The molecule has 2 bridgehead atoms. The zero-order chi connectivity index (χ0) is 21.2. The molecule has 4 atom stereocenters.